The highest BCUT2D eigenvalue weighted by atomic mass is 32.3. The second kappa shape index (κ2) is 7.86. The molecule has 5 aliphatic rings. The van der Waals surface area contributed by atoms with E-state index < -0.39 is 16.4 Å². The molecule has 32 heavy (non-hydrogen) atoms. The maximum atomic E-state index is 13.1. The summed E-state index contributed by atoms with van der Waals surface area (Å²) < 4.78 is 25.1. The molecule has 9 nitrogen and oxygen atoms in total. The van der Waals surface area contributed by atoms with Crippen LogP contribution in [0, 0.1) is 29.1 Å². The molecule has 4 aliphatic carbocycles. The van der Waals surface area contributed by atoms with Crippen LogP contribution < -0.4 is 15.4 Å². The monoisotopic (exact) mass is 463 g/mol. The Morgan fingerprint density at radius 2 is 1.94 bits per heavy atom. The molecule has 5 fully saturated rings. The molecule has 10 heteroatoms. The fourth-order valence-electron chi connectivity index (χ4n) is 6.85. The van der Waals surface area contributed by atoms with Crippen LogP contribution in [-0.2, 0) is 9.59 Å². The number of nitrogens with zero attached hydrogens (tertiary/aromatic N) is 3. The number of primary amides is 1. The number of nitrogens with two attached hydrogens (primary N) is 1. The van der Waals surface area contributed by atoms with Crippen LogP contribution in [0.3, 0.4) is 0 Å². The lowest BCUT2D eigenvalue weighted by Gasteiger charge is -2.59. The van der Waals surface area contributed by atoms with Crippen molar-refractivity contribution in [2.75, 3.05) is 23.9 Å². The summed E-state index contributed by atoms with van der Waals surface area (Å²) in [5.41, 5.74) is 5.38. The maximum absolute atomic E-state index is 13.1. The Bertz CT molecular complexity index is 884. The van der Waals surface area contributed by atoms with Crippen molar-refractivity contribution >= 4 is 28.6 Å². The van der Waals surface area contributed by atoms with Crippen molar-refractivity contribution in [3.63, 3.8) is 0 Å². The van der Waals surface area contributed by atoms with Gasteiger partial charge in [0, 0.05) is 30.7 Å². The normalized spacial score (nSPS) is 39.0. The van der Waals surface area contributed by atoms with Crippen LogP contribution in [0.15, 0.2) is 24.4 Å². The summed E-state index contributed by atoms with van der Waals surface area (Å²) in [4.78, 5) is 29.5. The number of aromatic nitrogens is 1. The van der Waals surface area contributed by atoms with Gasteiger partial charge in [-0.05, 0) is 78.9 Å². The summed E-state index contributed by atoms with van der Waals surface area (Å²) in [6.07, 6.45) is 6.07. The highest BCUT2D eigenvalue weighted by molar-refractivity contribution is 8.23. The lowest BCUT2D eigenvalue weighted by molar-refractivity contribution is -0.147. The van der Waals surface area contributed by atoms with E-state index in [0.717, 1.165) is 32.1 Å². The summed E-state index contributed by atoms with van der Waals surface area (Å²) in [5.74, 6) is 1.29. The third kappa shape index (κ3) is 3.67. The second-order valence-corrected chi connectivity index (χ2v) is 12.3. The van der Waals surface area contributed by atoms with Gasteiger partial charge in [0.2, 0.25) is 11.8 Å². The Kier molecular flexibility index (Phi) is 5.39. The minimum absolute atomic E-state index is 0.0300. The van der Waals surface area contributed by atoms with Crippen LogP contribution in [0.4, 0.5) is 5.82 Å². The second-order valence-electron chi connectivity index (χ2n) is 10.4. The maximum Gasteiger partial charge on any atom is 0.236 e. The van der Waals surface area contributed by atoms with Crippen LogP contribution in [0.25, 0.3) is 0 Å². The van der Waals surface area contributed by atoms with Crippen LogP contribution in [0.2, 0.25) is 0 Å². The van der Waals surface area contributed by atoms with Crippen molar-refractivity contribution < 1.29 is 18.7 Å². The van der Waals surface area contributed by atoms with E-state index in [0.29, 0.717) is 24.8 Å². The molecule has 3 atom stereocenters. The number of carbonyl (C=O) groups is 2. The van der Waals surface area contributed by atoms with E-state index in [2.05, 4.69) is 10.3 Å². The van der Waals surface area contributed by atoms with Crippen molar-refractivity contribution in [2.45, 2.75) is 45.1 Å². The summed E-state index contributed by atoms with van der Waals surface area (Å²) in [6, 6.07) is 5.36. The standard InChI is InChI=1S/C22H33N5O4S/c1-14-11-26(32(30,31)27(12-14)18-4-2-3-5-24-18)13-19(28)25-20-16-6-15-7-17(20)10-22(8-15,9-16)21(23)29/h2-5,14-17,20,30-31H,6-13H2,1H3,(H2,23,29)(H,25,28). The first kappa shape index (κ1) is 21.9. The number of carbonyl (C=O) groups excluding carboxylic acids is 2. The quantitative estimate of drug-likeness (QED) is 0.526. The number of rotatable bonds is 5. The smallest absolute Gasteiger partial charge is 0.236 e. The third-order valence-corrected chi connectivity index (χ3v) is 9.88. The zero-order chi connectivity index (χ0) is 22.7. The van der Waals surface area contributed by atoms with Gasteiger partial charge in [-0.3, -0.25) is 18.7 Å². The minimum Gasteiger partial charge on any atom is -0.369 e. The lowest BCUT2D eigenvalue weighted by atomic mass is 9.47. The first-order valence-corrected chi connectivity index (χ1v) is 13.0. The first-order valence-electron chi connectivity index (χ1n) is 11.5. The van der Waals surface area contributed by atoms with Crippen molar-refractivity contribution in [1.29, 1.82) is 0 Å². The molecule has 176 valence electrons. The topological polar surface area (TPSA) is 132 Å². The molecule has 3 unspecified atom stereocenters. The van der Waals surface area contributed by atoms with Gasteiger partial charge in [-0.25, -0.2) is 9.29 Å². The highest BCUT2D eigenvalue weighted by Gasteiger charge is 2.58. The van der Waals surface area contributed by atoms with Gasteiger partial charge in [0.25, 0.3) is 0 Å². The van der Waals surface area contributed by atoms with Crippen molar-refractivity contribution in [3.8, 4) is 0 Å². The molecule has 1 saturated heterocycles. The molecule has 4 saturated carbocycles. The molecular formula is C22H33N5O4S. The molecule has 1 aliphatic heterocycles. The van der Waals surface area contributed by atoms with Crippen LogP contribution in [-0.4, -0.2) is 55.9 Å². The zero-order valence-corrected chi connectivity index (χ0v) is 19.2. The third-order valence-electron chi connectivity index (χ3n) is 7.98. The summed E-state index contributed by atoms with van der Waals surface area (Å²) in [5, 5.41) is 3.20. The zero-order valence-electron chi connectivity index (χ0n) is 18.4. The van der Waals surface area contributed by atoms with E-state index in [1.807, 2.05) is 6.92 Å². The fourth-order valence-corrected chi connectivity index (χ4v) is 8.69. The van der Waals surface area contributed by atoms with Crippen LogP contribution >= 0.6 is 11.0 Å². The molecule has 0 radical (unpaired) electrons. The lowest BCUT2D eigenvalue weighted by Crippen LogP contribution is -2.63. The van der Waals surface area contributed by atoms with E-state index in [4.69, 9.17) is 5.73 Å². The molecule has 1 aromatic rings. The predicted octanol–water partition coefficient (Wildman–Crippen LogP) is 2.22. The van der Waals surface area contributed by atoms with Gasteiger partial charge in [0.05, 0.1) is 6.54 Å². The first-order chi connectivity index (χ1) is 15.2. The summed E-state index contributed by atoms with van der Waals surface area (Å²) >= 11 is 0. The molecule has 0 spiro atoms. The molecule has 2 amide bonds. The Morgan fingerprint density at radius 3 is 2.56 bits per heavy atom. The number of pyridine rings is 1. The van der Waals surface area contributed by atoms with Crippen molar-refractivity contribution in [1.82, 2.24) is 14.6 Å². The van der Waals surface area contributed by atoms with Gasteiger partial charge < -0.3 is 11.1 Å². The molecule has 1 aromatic heterocycles. The van der Waals surface area contributed by atoms with Crippen LogP contribution in [0.5, 0.6) is 0 Å². The van der Waals surface area contributed by atoms with E-state index in [-0.39, 0.29) is 42.2 Å². The average molecular weight is 464 g/mol. The summed E-state index contributed by atoms with van der Waals surface area (Å²) in [7, 11) is -3.35. The number of anilines is 1. The number of nitrogens with one attached hydrogen (secondary N) is 1. The average Bonchev–Trinajstić information content (AvgIpc) is 2.73. The Hall–Kier alpha value is -1.88. The Labute approximate surface area is 190 Å². The van der Waals surface area contributed by atoms with Crippen LogP contribution in [0.1, 0.15) is 39.0 Å². The van der Waals surface area contributed by atoms with E-state index in [1.54, 1.807) is 24.4 Å². The van der Waals surface area contributed by atoms with Gasteiger partial charge >= 0.3 is 0 Å². The highest BCUT2D eigenvalue weighted by Crippen LogP contribution is 2.60. The van der Waals surface area contributed by atoms with Gasteiger partial charge in [0.15, 0.2) is 0 Å². The molecule has 2 heterocycles. The van der Waals surface area contributed by atoms with E-state index in [9.17, 15) is 18.7 Å². The molecule has 4 bridgehead atoms. The summed E-state index contributed by atoms with van der Waals surface area (Å²) in [6.45, 7) is 2.82. The van der Waals surface area contributed by atoms with Gasteiger partial charge in [0.1, 0.15) is 5.82 Å². The Balaban J connectivity index is 1.28. The number of hydrogen-bond acceptors (Lipinski definition) is 7. The SMILES string of the molecule is CC1CN(CC(=O)NC2C3CC4CC2CC(C(N)=O)(C4)C3)S(O)(O)N(c2ccccn2)C1. The van der Waals surface area contributed by atoms with E-state index >= 15 is 0 Å². The number of hydrogen-bond donors (Lipinski definition) is 4. The largest absolute Gasteiger partial charge is 0.369 e. The van der Waals surface area contributed by atoms with Gasteiger partial charge in [-0.2, -0.15) is 4.31 Å². The molecule has 0 aromatic carbocycles. The minimum atomic E-state index is -3.35. The van der Waals surface area contributed by atoms with E-state index in [1.165, 1.54) is 8.61 Å². The van der Waals surface area contributed by atoms with Gasteiger partial charge in [-0.1, -0.05) is 13.0 Å². The molecule has 5 N–H and O–H groups in total. The molecular weight excluding hydrogens is 430 g/mol. The van der Waals surface area contributed by atoms with Gasteiger partial charge in [-0.15, -0.1) is 0 Å². The molecule has 6 rings (SSSR count). The van der Waals surface area contributed by atoms with Crippen molar-refractivity contribution in [2.24, 2.45) is 34.8 Å². The fraction of sp³-hybridized carbons (Fsp3) is 0.682. The van der Waals surface area contributed by atoms with Crippen molar-refractivity contribution in [3.05, 3.63) is 24.4 Å². The number of amides is 2. The Morgan fingerprint density at radius 1 is 1.22 bits per heavy atom. The predicted molar refractivity (Wildman–Crippen MR) is 122 cm³/mol.